The number of rotatable bonds is 5. The van der Waals surface area contributed by atoms with Gasteiger partial charge in [-0.25, -0.2) is 4.98 Å². The highest BCUT2D eigenvalue weighted by Crippen LogP contribution is 2.34. The van der Waals surface area contributed by atoms with Gasteiger partial charge in [-0.1, -0.05) is 57.9 Å². The summed E-state index contributed by atoms with van der Waals surface area (Å²) in [5.74, 6) is -0.00682. The number of aryl methyl sites for hydroxylation is 1. The second-order valence-electron chi connectivity index (χ2n) is 7.44. The molecule has 2 heterocycles. The first-order valence-corrected chi connectivity index (χ1v) is 11.4. The van der Waals surface area contributed by atoms with Crippen LogP contribution in [0.15, 0.2) is 58.4 Å². The van der Waals surface area contributed by atoms with Crippen molar-refractivity contribution in [2.45, 2.75) is 31.7 Å². The van der Waals surface area contributed by atoms with E-state index < -0.39 is 5.54 Å². The summed E-state index contributed by atoms with van der Waals surface area (Å²) in [5.41, 5.74) is 3.83. The molecule has 150 valence electrons. The van der Waals surface area contributed by atoms with E-state index in [9.17, 15) is 4.79 Å². The molecule has 1 saturated heterocycles. The van der Waals surface area contributed by atoms with Gasteiger partial charge in [-0.2, -0.15) is 0 Å². The van der Waals surface area contributed by atoms with Crippen LogP contribution >= 0.6 is 27.3 Å². The summed E-state index contributed by atoms with van der Waals surface area (Å²) in [5, 5.41) is 6.23. The Labute approximate surface area is 183 Å². The van der Waals surface area contributed by atoms with E-state index in [2.05, 4.69) is 69.6 Å². The molecule has 0 aliphatic carbocycles. The van der Waals surface area contributed by atoms with Crippen molar-refractivity contribution in [2.75, 3.05) is 13.2 Å². The molecular formula is C23H23BrN2O2S. The lowest BCUT2D eigenvalue weighted by Gasteiger charge is -2.38. The van der Waals surface area contributed by atoms with Gasteiger partial charge in [-0.05, 0) is 37.5 Å². The van der Waals surface area contributed by atoms with Gasteiger partial charge >= 0.3 is 0 Å². The highest BCUT2D eigenvalue weighted by atomic mass is 79.9. The van der Waals surface area contributed by atoms with Crippen LogP contribution in [0, 0.1) is 6.92 Å². The molecule has 0 saturated carbocycles. The number of carbonyl (C=O) groups is 1. The fourth-order valence-electron chi connectivity index (χ4n) is 3.68. The molecule has 29 heavy (non-hydrogen) atoms. The lowest BCUT2D eigenvalue weighted by Crippen LogP contribution is -2.50. The maximum Gasteiger partial charge on any atom is 0.226 e. The SMILES string of the molecule is Cc1ccc(-c2nc(CC(=O)NC3(c4cccc(Br)c4)CCOCC3)cs2)cc1. The van der Waals surface area contributed by atoms with Crippen molar-refractivity contribution in [2.24, 2.45) is 0 Å². The van der Waals surface area contributed by atoms with Crippen molar-refractivity contribution < 1.29 is 9.53 Å². The maximum atomic E-state index is 12.9. The third-order valence-corrected chi connectivity index (χ3v) is 6.73. The Balaban J connectivity index is 1.49. The topological polar surface area (TPSA) is 51.2 Å². The van der Waals surface area contributed by atoms with E-state index >= 15 is 0 Å². The Morgan fingerprint density at radius 1 is 1.21 bits per heavy atom. The number of carbonyl (C=O) groups excluding carboxylic acids is 1. The molecule has 1 aliphatic heterocycles. The molecule has 4 nitrogen and oxygen atoms in total. The number of nitrogens with zero attached hydrogens (tertiary/aromatic N) is 1. The van der Waals surface area contributed by atoms with Gasteiger partial charge in [0.25, 0.3) is 0 Å². The molecule has 0 bridgehead atoms. The van der Waals surface area contributed by atoms with E-state index in [-0.39, 0.29) is 12.3 Å². The van der Waals surface area contributed by atoms with E-state index in [4.69, 9.17) is 4.74 Å². The Kier molecular flexibility index (Phi) is 6.13. The number of hydrogen-bond donors (Lipinski definition) is 1. The first kappa shape index (κ1) is 20.3. The van der Waals surface area contributed by atoms with Gasteiger partial charge < -0.3 is 10.1 Å². The third-order valence-electron chi connectivity index (χ3n) is 5.29. The van der Waals surface area contributed by atoms with E-state index in [0.717, 1.165) is 39.1 Å². The zero-order valence-corrected chi connectivity index (χ0v) is 18.7. The van der Waals surface area contributed by atoms with Crippen LogP contribution in [0.2, 0.25) is 0 Å². The van der Waals surface area contributed by atoms with Crippen LogP contribution < -0.4 is 5.32 Å². The normalized spacial score (nSPS) is 15.8. The largest absolute Gasteiger partial charge is 0.381 e. The van der Waals surface area contributed by atoms with Crippen LogP contribution in [-0.4, -0.2) is 24.1 Å². The molecule has 0 atom stereocenters. The van der Waals surface area contributed by atoms with Crippen molar-refractivity contribution in [3.8, 4) is 10.6 Å². The molecule has 1 fully saturated rings. The van der Waals surface area contributed by atoms with Crippen molar-refractivity contribution in [3.63, 3.8) is 0 Å². The van der Waals surface area contributed by atoms with E-state index in [1.165, 1.54) is 5.56 Å². The summed E-state index contributed by atoms with van der Waals surface area (Å²) in [7, 11) is 0. The molecule has 3 aromatic rings. The monoisotopic (exact) mass is 470 g/mol. The van der Waals surface area contributed by atoms with E-state index in [1.54, 1.807) is 11.3 Å². The van der Waals surface area contributed by atoms with Gasteiger partial charge in [0.05, 0.1) is 17.7 Å². The Bertz CT molecular complexity index is 994. The van der Waals surface area contributed by atoms with Gasteiger partial charge in [-0.15, -0.1) is 11.3 Å². The number of amides is 1. The third kappa shape index (κ3) is 4.77. The summed E-state index contributed by atoms with van der Waals surface area (Å²) in [6, 6.07) is 16.5. The van der Waals surface area contributed by atoms with Gasteiger partial charge in [0.2, 0.25) is 5.91 Å². The minimum Gasteiger partial charge on any atom is -0.381 e. The quantitative estimate of drug-likeness (QED) is 0.554. The molecule has 1 N–H and O–H groups in total. The van der Waals surface area contributed by atoms with Gasteiger partial charge in [0, 0.05) is 28.6 Å². The van der Waals surface area contributed by atoms with E-state index in [1.807, 2.05) is 17.5 Å². The van der Waals surface area contributed by atoms with Crippen LogP contribution in [-0.2, 0) is 21.5 Å². The first-order chi connectivity index (χ1) is 14.0. The smallest absolute Gasteiger partial charge is 0.226 e. The van der Waals surface area contributed by atoms with Crippen LogP contribution in [0.3, 0.4) is 0 Å². The molecule has 0 unspecified atom stereocenters. The van der Waals surface area contributed by atoms with Crippen LogP contribution in [0.5, 0.6) is 0 Å². The molecule has 1 aromatic heterocycles. The summed E-state index contributed by atoms with van der Waals surface area (Å²) in [4.78, 5) is 17.6. The molecular weight excluding hydrogens is 448 g/mol. The van der Waals surface area contributed by atoms with Crippen LogP contribution in [0.4, 0.5) is 0 Å². The Morgan fingerprint density at radius 3 is 2.69 bits per heavy atom. The standard InChI is InChI=1S/C23H23BrN2O2S/c1-16-5-7-17(8-6-16)22-25-20(15-29-22)14-21(27)26-23(9-11-28-12-10-23)18-3-2-4-19(24)13-18/h2-8,13,15H,9-12,14H2,1H3,(H,26,27). The van der Waals surface area contributed by atoms with Crippen LogP contribution in [0.1, 0.15) is 29.7 Å². The predicted octanol–water partition coefficient (Wildman–Crippen LogP) is 5.25. The number of ether oxygens (including phenoxy) is 1. The van der Waals surface area contributed by atoms with Crippen molar-refractivity contribution in [1.29, 1.82) is 0 Å². The average molecular weight is 471 g/mol. The molecule has 0 radical (unpaired) electrons. The van der Waals surface area contributed by atoms with Gasteiger partial charge in [0.15, 0.2) is 0 Å². The predicted molar refractivity (Wildman–Crippen MR) is 120 cm³/mol. The van der Waals surface area contributed by atoms with E-state index in [0.29, 0.717) is 13.2 Å². The zero-order chi connectivity index (χ0) is 20.3. The molecule has 6 heteroatoms. The summed E-state index contributed by atoms with van der Waals surface area (Å²) >= 11 is 5.13. The Morgan fingerprint density at radius 2 is 1.97 bits per heavy atom. The number of aromatic nitrogens is 1. The number of hydrogen-bond acceptors (Lipinski definition) is 4. The van der Waals surface area contributed by atoms with Gasteiger partial charge in [-0.3, -0.25) is 4.79 Å². The molecule has 0 spiro atoms. The first-order valence-electron chi connectivity index (χ1n) is 9.70. The average Bonchev–Trinajstić information content (AvgIpc) is 3.17. The number of halogens is 1. The number of benzene rings is 2. The molecule has 2 aromatic carbocycles. The second kappa shape index (κ2) is 8.78. The fraction of sp³-hybridized carbons (Fsp3) is 0.304. The van der Waals surface area contributed by atoms with Crippen molar-refractivity contribution >= 4 is 33.2 Å². The summed E-state index contributed by atoms with van der Waals surface area (Å²) < 4.78 is 6.57. The minimum absolute atomic E-state index is 0.00682. The lowest BCUT2D eigenvalue weighted by atomic mass is 9.82. The molecule has 1 aliphatic rings. The zero-order valence-electron chi connectivity index (χ0n) is 16.3. The second-order valence-corrected chi connectivity index (χ2v) is 9.21. The lowest BCUT2D eigenvalue weighted by molar-refractivity contribution is -0.123. The van der Waals surface area contributed by atoms with Gasteiger partial charge in [0.1, 0.15) is 5.01 Å². The Hall–Kier alpha value is -2.02. The van der Waals surface area contributed by atoms with Crippen molar-refractivity contribution in [3.05, 3.63) is 75.2 Å². The fourth-order valence-corrected chi connectivity index (χ4v) is 4.91. The molecule has 4 rings (SSSR count). The highest BCUT2D eigenvalue weighted by molar-refractivity contribution is 9.10. The highest BCUT2D eigenvalue weighted by Gasteiger charge is 2.36. The summed E-state index contributed by atoms with van der Waals surface area (Å²) in [6.07, 6.45) is 1.81. The minimum atomic E-state index is -0.394. The van der Waals surface area contributed by atoms with Crippen LogP contribution in [0.25, 0.3) is 10.6 Å². The molecule has 1 amide bonds. The maximum absolute atomic E-state index is 12.9. The van der Waals surface area contributed by atoms with Crippen molar-refractivity contribution in [1.82, 2.24) is 10.3 Å². The number of nitrogens with one attached hydrogen (secondary N) is 1. The number of thiazole rings is 1. The summed E-state index contributed by atoms with van der Waals surface area (Å²) in [6.45, 7) is 3.35.